The summed E-state index contributed by atoms with van der Waals surface area (Å²) in [6.07, 6.45) is 0.304. The zero-order valence-corrected chi connectivity index (χ0v) is 10.9. The Hall–Kier alpha value is -1.36. The Kier molecular flexibility index (Phi) is 5.11. The minimum atomic E-state index is -3.37. The number of benzene rings is 1. The van der Waals surface area contributed by atoms with Crippen LogP contribution in [0.2, 0.25) is 0 Å². The second-order valence-electron chi connectivity index (χ2n) is 4.61. The second kappa shape index (κ2) is 6.19. The Morgan fingerprint density at radius 3 is 2.58 bits per heavy atom. The number of carbonyl (C=O) groups excluding carboxylic acids is 1. The van der Waals surface area contributed by atoms with Crippen molar-refractivity contribution in [2.24, 2.45) is 5.92 Å². The molecule has 0 unspecified atom stereocenters. The Balaban J connectivity index is 3.14. The molecule has 0 spiro atoms. The highest BCUT2D eigenvalue weighted by atomic mass is 19.3. The molecule has 5 heteroatoms. The SMILES string of the molecule is CC(=O)c1cccc(C(F)(F)[C@H](C)CCCO)c1F. The molecule has 0 saturated carbocycles. The number of hydrogen-bond donors (Lipinski definition) is 1. The highest BCUT2D eigenvalue weighted by Gasteiger charge is 2.40. The summed E-state index contributed by atoms with van der Waals surface area (Å²) in [6.45, 7) is 2.25. The molecule has 1 N–H and O–H groups in total. The van der Waals surface area contributed by atoms with Crippen LogP contribution in [0.15, 0.2) is 18.2 Å². The summed E-state index contributed by atoms with van der Waals surface area (Å²) in [5.74, 6) is -6.23. The van der Waals surface area contributed by atoms with E-state index in [1.165, 1.54) is 19.1 Å². The lowest BCUT2D eigenvalue weighted by molar-refractivity contribution is -0.0654. The molecule has 0 heterocycles. The highest BCUT2D eigenvalue weighted by molar-refractivity contribution is 5.94. The van der Waals surface area contributed by atoms with Crippen molar-refractivity contribution in [2.45, 2.75) is 32.6 Å². The summed E-state index contributed by atoms with van der Waals surface area (Å²) in [6, 6.07) is 3.44. The number of halogens is 3. The van der Waals surface area contributed by atoms with Crippen molar-refractivity contribution in [2.75, 3.05) is 6.61 Å². The third-order valence-electron chi connectivity index (χ3n) is 3.15. The molecular weight excluding hydrogens is 257 g/mol. The van der Waals surface area contributed by atoms with E-state index in [1.807, 2.05) is 0 Å². The summed E-state index contributed by atoms with van der Waals surface area (Å²) < 4.78 is 42.2. The lowest BCUT2D eigenvalue weighted by Crippen LogP contribution is -2.26. The van der Waals surface area contributed by atoms with Crippen LogP contribution in [0.25, 0.3) is 0 Å². The van der Waals surface area contributed by atoms with E-state index in [4.69, 9.17) is 5.11 Å². The van der Waals surface area contributed by atoms with Crippen LogP contribution in [-0.4, -0.2) is 17.5 Å². The predicted molar refractivity (Wildman–Crippen MR) is 65.8 cm³/mol. The minimum absolute atomic E-state index is 0.0766. The number of aliphatic hydroxyl groups is 1. The molecule has 0 aliphatic heterocycles. The first-order valence-corrected chi connectivity index (χ1v) is 6.11. The van der Waals surface area contributed by atoms with Gasteiger partial charge in [-0.15, -0.1) is 0 Å². The van der Waals surface area contributed by atoms with E-state index >= 15 is 0 Å². The summed E-state index contributed by atoms with van der Waals surface area (Å²) in [4.78, 5) is 11.2. The van der Waals surface area contributed by atoms with Crippen molar-refractivity contribution in [1.29, 1.82) is 0 Å². The van der Waals surface area contributed by atoms with Gasteiger partial charge in [0.25, 0.3) is 5.92 Å². The van der Waals surface area contributed by atoms with Gasteiger partial charge in [0.2, 0.25) is 0 Å². The lowest BCUT2D eigenvalue weighted by Gasteiger charge is -2.24. The summed E-state index contributed by atoms with van der Waals surface area (Å²) in [5, 5.41) is 8.66. The van der Waals surface area contributed by atoms with E-state index in [0.717, 1.165) is 13.0 Å². The fraction of sp³-hybridized carbons (Fsp3) is 0.500. The molecule has 0 amide bonds. The quantitative estimate of drug-likeness (QED) is 0.806. The third kappa shape index (κ3) is 3.35. The number of aliphatic hydroxyl groups excluding tert-OH is 1. The van der Waals surface area contributed by atoms with E-state index < -0.39 is 29.0 Å². The Morgan fingerprint density at radius 1 is 1.42 bits per heavy atom. The maximum atomic E-state index is 14.1. The summed E-state index contributed by atoms with van der Waals surface area (Å²) >= 11 is 0. The number of carbonyl (C=O) groups is 1. The molecule has 0 bridgehead atoms. The largest absolute Gasteiger partial charge is 0.396 e. The van der Waals surface area contributed by atoms with Crippen LogP contribution in [0, 0.1) is 11.7 Å². The second-order valence-corrected chi connectivity index (χ2v) is 4.61. The van der Waals surface area contributed by atoms with Gasteiger partial charge in [-0.1, -0.05) is 19.1 Å². The highest BCUT2D eigenvalue weighted by Crippen LogP contribution is 2.40. The molecule has 1 aromatic carbocycles. The fourth-order valence-electron chi connectivity index (χ4n) is 1.91. The topological polar surface area (TPSA) is 37.3 Å². The molecular formula is C14H17F3O2. The normalized spacial score (nSPS) is 13.4. The number of rotatable bonds is 6. The first-order chi connectivity index (χ1) is 8.82. The summed E-state index contributed by atoms with van der Waals surface area (Å²) in [5.41, 5.74) is -1.09. The van der Waals surface area contributed by atoms with Crippen LogP contribution in [0.3, 0.4) is 0 Å². The Morgan fingerprint density at radius 2 is 2.05 bits per heavy atom. The van der Waals surface area contributed by atoms with Gasteiger partial charge >= 0.3 is 0 Å². The molecule has 19 heavy (non-hydrogen) atoms. The fourth-order valence-corrected chi connectivity index (χ4v) is 1.91. The standard InChI is InChI=1S/C14H17F3O2/c1-9(5-4-8-18)14(16,17)12-7-3-6-11(10(2)19)13(12)15/h3,6-7,9,18H,4-5,8H2,1-2H3/t9-/m1/s1. The van der Waals surface area contributed by atoms with Crippen LogP contribution in [-0.2, 0) is 5.92 Å². The van der Waals surface area contributed by atoms with Gasteiger partial charge in [0.1, 0.15) is 5.82 Å². The molecule has 0 aliphatic carbocycles. The van der Waals surface area contributed by atoms with Crippen LogP contribution in [0.5, 0.6) is 0 Å². The van der Waals surface area contributed by atoms with Crippen LogP contribution in [0.1, 0.15) is 42.6 Å². The molecule has 1 rings (SSSR count). The van der Waals surface area contributed by atoms with Gasteiger partial charge in [0.15, 0.2) is 5.78 Å². The van der Waals surface area contributed by atoms with Gasteiger partial charge < -0.3 is 5.11 Å². The van der Waals surface area contributed by atoms with E-state index in [0.29, 0.717) is 0 Å². The zero-order chi connectivity index (χ0) is 14.6. The number of Topliss-reactive ketones (excluding diaryl/α,β-unsaturated/α-hetero) is 1. The molecule has 106 valence electrons. The van der Waals surface area contributed by atoms with Crippen molar-refractivity contribution >= 4 is 5.78 Å². The number of hydrogen-bond acceptors (Lipinski definition) is 2. The Labute approximate surface area is 110 Å². The minimum Gasteiger partial charge on any atom is -0.396 e. The Bertz CT molecular complexity index is 458. The van der Waals surface area contributed by atoms with Crippen molar-refractivity contribution in [3.8, 4) is 0 Å². The van der Waals surface area contributed by atoms with Gasteiger partial charge in [-0.2, -0.15) is 0 Å². The molecule has 0 aliphatic rings. The first kappa shape index (κ1) is 15.7. The molecule has 2 nitrogen and oxygen atoms in total. The van der Waals surface area contributed by atoms with Gasteiger partial charge in [-0.05, 0) is 25.8 Å². The van der Waals surface area contributed by atoms with E-state index in [-0.39, 0.29) is 25.0 Å². The zero-order valence-electron chi connectivity index (χ0n) is 10.9. The molecule has 0 saturated heterocycles. The molecule has 0 aromatic heterocycles. The predicted octanol–water partition coefficient (Wildman–Crippen LogP) is 3.53. The van der Waals surface area contributed by atoms with Crippen LogP contribution >= 0.6 is 0 Å². The number of alkyl halides is 2. The molecule has 1 aromatic rings. The smallest absolute Gasteiger partial charge is 0.278 e. The average Bonchev–Trinajstić information content (AvgIpc) is 2.35. The van der Waals surface area contributed by atoms with E-state index in [1.54, 1.807) is 0 Å². The monoisotopic (exact) mass is 274 g/mol. The molecule has 0 radical (unpaired) electrons. The van der Waals surface area contributed by atoms with Gasteiger partial charge in [0, 0.05) is 12.5 Å². The third-order valence-corrected chi connectivity index (χ3v) is 3.15. The maximum absolute atomic E-state index is 14.1. The lowest BCUT2D eigenvalue weighted by atomic mass is 9.90. The van der Waals surface area contributed by atoms with Gasteiger partial charge in [-0.25, -0.2) is 13.2 Å². The van der Waals surface area contributed by atoms with Gasteiger partial charge in [-0.3, -0.25) is 4.79 Å². The first-order valence-electron chi connectivity index (χ1n) is 6.11. The van der Waals surface area contributed by atoms with Crippen molar-refractivity contribution < 1.29 is 23.1 Å². The van der Waals surface area contributed by atoms with Crippen LogP contribution in [0.4, 0.5) is 13.2 Å². The van der Waals surface area contributed by atoms with Crippen LogP contribution < -0.4 is 0 Å². The molecule has 1 atom stereocenters. The number of ketones is 1. The van der Waals surface area contributed by atoms with Crippen molar-refractivity contribution in [3.05, 3.63) is 35.1 Å². The van der Waals surface area contributed by atoms with E-state index in [2.05, 4.69) is 0 Å². The summed E-state index contributed by atoms with van der Waals surface area (Å²) in [7, 11) is 0. The maximum Gasteiger partial charge on any atom is 0.278 e. The molecule has 0 fully saturated rings. The average molecular weight is 274 g/mol. The van der Waals surface area contributed by atoms with Crippen molar-refractivity contribution in [3.63, 3.8) is 0 Å². The van der Waals surface area contributed by atoms with Gasteiger partial charge in [0.05, 0.1) is 11.1 Å². The van der Waals surface area contributed by atoms with E-state index in [9.17, 15) is 18.0 Å². The van der Waals surface area contributed by atoms with Crippen molar-refractivity contribution in [1.82, 2.24) is 0 Å².